The number of benzene rings is 3. The predicted molar refractivity (Wildman–Crippen MR) is 147 cm³/mol. The lowest BCUT2D eigenvalue weighted by Crippen LogP contribution is -2.48. The highest BCUT2D eigenvalue weighted by molar-refractivity contribution is 5.90. The molecule has 4 aromatic rings. The molecule has 210 valence electrons. The van der Waals surface area contributed by atoms with Gasteiger partial charge in [0.2, 0.25) is 0 Å². The van der Waals surface area contributed by atoms with Gasteiger partial charge in [-0.25, -0.2) is 18.0 Å². The standard InChI is InChI=1S/C31H31F3N2O4/c1-16-10-20-19-8-6-7-9-23(19)35-28(20)29(36(16)15-31(2,3)34)27-22(33)11-17(13-25(27)40-5)26-21(32)12-18(30(37)38)14-24(26)39-4/h6-9,11-14,16,29,35H,10,15H2,1-5H3,(H,37,38)/t16-,29-/m1/s1. The molecule has 1 aromatic heterocycles. The molecule has 9 heteroatoms. The average Bonchev–Trinajstić information content (AvgIpc) is 3.25. The van der Waals surface area contributed by atoms with Gasteiger partial charge in [0.25, 0.3) is 0 Å². The molecule has 1 aliphatic heterocycles. The van der Waals surface area contributed by atoms with Crippen molar-refractivity contribution in [3.05, 3.63) is 82.5 Å². The number of aromatic carboxylic acids is 1. The number of nitrogens with zero attached hydrogens (tertiary/aromatic N) is 1. The van der Waals surface area contributed by atoms with Crippen molar-refractivity contribution in [1.29, 1.82) is 0 Å². The summed E-state index contributed by atoms with van der Waals surface area (Å²) in [7, 11) is 2.67. The van der Waals surface area contributed by atoms with Crippen molar-refractivity contribution in [2.75, 3.05) is 20.8 Å². The Morgan fingerprint density at radius 1 is 1.07 bits per heavy atom. The van der Waals surface area contributed by atoms with E-state index >= 15 is 13.2 Å². The number of alkyl halides is 1. The number of carbonyl (C=O) groups is 1. The number of halogens is 3. The Bertz CT molecular complexity index is 1610. The van der Waals surface area contributed by atoms with Crippen LogP contribution in [0.3, 0.4) is 0 Å². The first-order valence-electron chi connectivity index (χ1n) is 13.0. The molecule has 0 spiro atoms. The first kappa shape index (κ1) is 27.6. The zero-order chi connectivity index (χ0) is 28.9. The van der Waals surface area contributed by atoms with Crippen LogP contribution in [0.25, 0.3) is 22.0 Å². The summed E-state index contributed by atoms with van der Waals surface area (Å²) in [5, 5.41) is 10.3. The number of rotatable bonds is 7. The molecule has 0 bridgehead atoms. The minimum absolute atomic E-state index is 0.0388. The highest BCUT2D eigenvalue weighted by Crippen LogP contribution is 2.47. The quantitative estimate of drug-likeness (QED) is 0.261. The largest absolute Gasteiger partial charge is 0.496 e. The molecule has 3 aromatic carbocycles. The lowest BCUT2D eigenvalue weighted by molar-refractivity contribution is 0.0646. The number of aromatic amines is 1. The Hall–Kier alpha value is -3.98. The number of aromatic nitrogens is 1. The van der Waals surface area contributed by atoms with Crippen molar-refractivity contribution in [2.45, 2.75) is 44.9 Å². The molecule has 0 unspecified atom stereocenters. The Balaban J connectivity index is 1.74. The lowest BCUT2D eigenvalue weighted by Gasteiger charge is -2.43. The van der Waals surface area contributed by atoms with Crippen molar-refractivity contribution in [1.82, 2.24) is 9.88 Å². The first-order chi connectivity index (χ1) is 18.9. The maximum absolute atomic E-state index is 16.4. The van der Waals surface area contributed by atoms with Crippen LogP contribution in [0.15, 0.2) is 48.5 Å². The van der Waals surface area contributed by atoms with Gasteiger partial charge in [-0.05, 0) is 68.7 Å². The molecule has 6 nitrogen and oxygen atoms in total. The van der Waals surface area contributed by atoms with Gasteiger partial charge in [-0.2, -0.15) is 0 Å². The summed E-state index contributed by atoms with van der Waals surface area (Å²) in [5.41, 5.74) is 1.02. The zero-order valence-electron chi connectivity index (χ0n) is 22.9. The molecule has 0 saturated carbocycles. The minimum atomic E-state index is -1.57. The second-order valence-electron chi connectivity index (χ2n) is 10.8. The summed E-state index contributed by atoms with van der Waals surface area (Å²) in [6.45, 7) is 5.01. The van der Waals surface area contributed by atoms with Crippen molar-refractivity contribution < 1.29 is 32.5 Å². The molecule has 0 saturated heterocycles. The Kier molecular flexibility index (Phi) is 7.04. The number of hydrogen-bond donors (Lipinski definition) is 2. The highest BCUT2D eigenvalue weighted by Gasteiger charge is 2.41. The fourth-order valence-electron chi connectivity index (χ4n) is 5.82. The molecular formula is C31H31F3N2O4. The molecule has 5 rings (SSSR count). The monoisotopic (exact) mass is 552 g/mol. The molecule has 0 fully saturated rings. The second kappa shape index (κ2) is 10.2. The van der Waals surface area contributed by atoms with E-state index in [1.165, 1.54) is 46.3 Å². The predicted octanol–water partition coefficient (Wildman–Crippen LogP) is 6.91. The third-order valence-corrected chi connectivity index (χ3v) is 7.47. The number of para-hydroxylation sites is 1. The molecule has 2 heterocycles. The van der Waals surface area contributed by atoms with Crippen LogP contribution in [0.1, 0.15) is 54.0 Å². The summed E-state index contributed by atoms with van der Waals surface area (Å²) in [6, 6.07) is 11.7. The van der Waals surface area contributed by atoms with Gasteiger partial charge >= 0.3 is 5.97 Å². The Morgan fingerprint density at radius 3 is 2.42 bits per heavy atom. The second-order valence-corrected chi connectivity index (χ2v) is 10.8. The van der Waals surface area contributed by atoms with E-state index in [0.29, 0.717) is 6.42 Å². The van der Waals surface area contributed by atoms with Crippen molar-refractivity contribution in [3.63, 3.8) is 0 Å². The van der Waals surface area contributed by atoms with Crippen LogP contribution >= 0.6 is 0 Å². The number of H-pyrrole nitrogens is 1. The summed E-state index contributed by atoms with van der Waals surface area (Å²) in [6.07, 6.45) is 0.645. The summed E-state index contributed by atoms with van der Waals surface area (Å²) < 4.78 is 57.7. The maximum atomic E-state index is 16.4. The Labute approximate surface area is 230 Å². The highest BCUT2D eigenvalue weighted by atomic mass is 19.1. The van der Waals surface area contributed by atoms with Gasteiger partial charge in [0.05, 0.1) is 37.0 Å². The topological polar surface area (TPSA) is 74.8 Å². The van der Waals surface area contributed by atoms with E-state index in [2.05, 4.69) is 4.98 Å². The van der Waals surface area contributed by atoms with Crippen LogP contribution in [0.2, 0.25) is 0 Å². The maximum Gasteiger partial charge on any atom is 0.335 e. The average molecular weight is 553 g/mol. The third-order valence-electron chi connectivity index (χ3n) is 7.47. The number of carboxylic acids is 1. The van der Waals surface area contributed by atoms with Gasteiger partial charge < -0.3 is 19.6 Å². The molecule has 1 aliphatic rings. The van der Waals surface area contributed by atoms with Crippen LogP contribution < -0.4 is 9.47 Å². The van der Waals surface area contributed by atoms with E-state index in [1.807, 2.05) is 36.1 Å². The van der Waals surface area contributed by atoms with Gasteiger partial charge in [0.15, 0.2) is 0 Å². The number of nitrogens with one attached hydrogen (secondary N) is 1. The molecule has 2 N–H and O–H groups in total. The van der Waals surface area contributed by atoms with Crippen LogP contribution in [0, 0.1) is 11.6 Å². The molecule has 2 atom stereocenters. The molecule has 0 amide bonds. The number of hydrogen-bond acceptors (Lipinski definition) is 4. The summed E-state index contributed by atoms with van der Waals surface area (Å²) in [5.74, 6) is -2.79. The van der Waals surface area contributed by atoms with Crippen LogP contribution in [-0.4, -0.2) is 53.4 Å². The van der Waals surface area contributed by atoms with E-state index in [-0.39, 0.29) is 46.3 Å². The van der Waals surface area contributed by atoms with E-state index in [4.69, 9.17) is 9.47 Å². The lowest BCUT2D eigenvalue weighted by atomic mass is 9.86. The molecule has 0 radical (unpaired) electrons. The smallest absolute Gasteiger partial charge is 0.335 e. The number of fused-ring (bicyclic) bond motifs is 3. The van der Waals surface area contributed by atoms with Crippen molar-refractivity contribution in [3.8, 4) is 22.6 Å². The third kappa shape index (κ3) is 4.79. The van der Waals surface area contributed by atoms with E-state index in [9.17, 15) is 9.90 Å². The molecule has 0 aliphatic carbocycles. The van der Waals surface area contributed by atoms with E-state index < -0.39 is 29.3 Å². The van der Waals surface area contributed by atoms with Gasteiger partial charge in [0, 0.05) is 29.2 Å². The SMILES string of the molecule is COc1cc(C(=O)O)cc(F)c1-c1cc(F)c([C@@H]2c3[nH]c4ccccc4c3C[C@@H](C)N2CC(C)(C)F)c(OC)c1. The van der Waals surface area contributed by atoms with E-state index in [0.717, 1.165) is 28.2 Å². The summed E-state index contributed by atoms with van der Waals surface area (Å²) in [4.78, 5) is 16.8. The zero-order valence-corrected chi connectivity index (χ0v) is 22.9. The fourth-order valence-corrected chi connectivity index (χ4v) is 5.82. The van der Waals surface area contributed by atoms with E-state index in [1.54, 1.807) is 0 Å². The van der Waals surface area contributed by atoms with Crippen molar-refractivity contribution in [2.24, 2.45) is 0 Å². The van der Waals surface area contributed by atoms with Crippen LogP contribution in [0.4, 0.5) is 13.2 Å². The normalized spacial score (nSPS) is 17.6. The van der Waals surface area contributed by atoms with Gasteiger partial charge in [0.1, 0.15) is 28.8 Å². The van der Waals surface area contributed by atoms with Crippen molar-refractivity contribution >= 4 is 16.9 Å². The number of methoxy groups -OCH3 is 2. The number of ether oxygens (including phenoxy) is 2. The number of carboxylic acid groups (broad SMARTS) is 1. The van der Waals surface area contributed by atoms with Gasteiger partial charge in [-0.15, -0.1) is 0 Å². The first-order valence-corrected chi connectivity index (χ1v) is 13.0. The molecular weight excluding hydrogens is 521 g/mol. The van der Waals surface area contributed by atoms with Crippen LogP contribution in [-0.2, 0) is 6.42 Å². The van der Waals surface area contributed by atoms with Crippen LogP contribution in [0.5, 0.6) is 11.5 Å². The summed E-state index contributed by atoms with van der Waals surface area (Å²) >= 11 is 0. The Morgan fingerprint density at radius 2 is 1.77 bits per heavy atom. The minimum Gasteiger partial charge on any atom is -0.496 e. The van der Waals surface area contributed by atoms with Gasteiger partial charge in [-0.3, -0.25) is 4.90 Å². The van der Waals surface area contributed by atoms with Gasteiger partial charge in [-0.1, -0.05) is 18.2 Å². The molecule has 40 heavy (non-hydrogen) atoms. The fraction of sp³-hybridized carbons (Fsp3) is 0.323.